The zero-order chi connectivity index (χ0) is 26.7. The quantitative estimate of drug-likeness (QED) is 0.297. The summed E-state index contributed by atoms with van der Waals surface area (Å²) in [4.78, 5) is 41.3. The maximum atomic E-state index is 13.6. The Morgan fingerprint density at radius 3 is 2.61 bits per heavy atom. The highest BCUT2D eigenvalue weighted by Crippen LogP contribution is 2.45. The summed E-state index contributed by atoms with van der Waals surface area (Å²) >= 11 is 0. The highest BCUT2D eigenvalue weighted by molar-refractivity contribution is 7.89. The topological polar surface area (TPSA) is 154 Å². The Balaban J connectivity index is 1.83. The molecule has 5 atom stereocenters. The summed E-state index contributed by atoms with van der Waals surface area (Å²) in [6, 6.07) is -1.53. The number of nitrogens with one attached hydrogen (secondary N) is 3. The third-order valence-electron chi connectivity index (χ3n) is 6.72. The number of allylic oxidation sites excluding steroid dienone is 1. The fourth-order valence-electron chi connectivity index (χ4n) is 4.91. The normalized spacial score (nSPS) is 31.8. The van der Waals surface area contributed by atoms with Crippen molar-refractivity contribution in [2.24, 2.45) is 5.92 Å². The van der Waals surface area contributed by atoms with Crippen LogP contribution in [0.2, 0.25) is 0 Å². The molecule has 0 aromatic heterocycles. The predicted molar refractivity (Wildman–Crippen MR) is 133 cm³/mol. The van der Waals surface area contributed by atoms with Crippen LogP contribution in [0.1, 0.15) is 72.1 Å². The Morgan fingerprint density at radius 2 is 1.94 bits per heavy atom. The number of hydrogen-bond acceptors (Lipinski definition) is 8. The van der Waals surface area contributed by atoms with E-state index in [1.165, 1.54) is 4.90 Å². The van der Waals surface area contributed by atoms with E-state index < -0.39 is 51.5 Å². The second-order valence-electron chi connectivity index (χ2n) is 11.0. The lowest BCUT2D eigenvalue weighted by Crippen LogP contribution is -2.58. The molecule has 204 valence electrons. The van der Waals surface area contributed by atoms with E-state index in [2.05, 4.69) is 10.6 Å². The third kappa shape index (κ3) is 7.50. The number of nitrogens with zero attached hydrogens (tertiary/aromatic N) is 1. The van der Waals surface area contributed by atoms with E-state index in [-0.39, 0.29) is 18.2 Å². The van der Waals surface area contributed by atoms with Gasteiger partial charge in [-0.2, -0.15) is 0 Å². The van der Waals surface area contributed by atoms with Crippen molar-refractivity contribution in [1.82, 2.24) is 20.3 Å². The lowest BCUT2D eigenvalue weighted by Gasteiger charge is -2.32. The van der Waals surface area contributed by atoms with Crippen molar-refractivity contribution in [1.29, 1.82) is 0 Å². The highest BCUT2D eigenvalue weighted by atomic mass is 32.2. The number of hydrogen-bond donors (Lipinski definition) is 4. The molecule has 1 saturated carbocycles. The van der Waals surface area contributed by atoms with Gasteiger partial charge in [0.25, 0.3) is 5.91 Å². The van der Waals surface area contributed by atoms with Crippen LogP contribution >= 0.6 is 0 Å². The van der Waals surface area contributed by atoms with Crippen LogP contribution in [0.4, 0.5) is 0 Å². The molecule has 2 heterocycles. The van der Waals surface area contributed by atoms with Gasteiger partial charge >= 0.3 is 0 Å². The molecule has 0 radical (unpaired) electrons. The SMILES string of the molecule is CC(C)(C)OC(O)N[C@H]1CCCCC/C=C\[C@@H]2C[C@@]2(C(=O)NS(C)(=O)=O)NC(=O)[C@@H]2CCCN2C1=O. The molecule has 1 unspecified atom stereocenters. The van der Waals surface area contributed by atoms with Crippen molar-refractivity contribution >= 4 is 27.7 Å². The van der Waals surface area contributed by atoms with Gasteiger partial charge in [-0.05, 0) is 59.3 Å². The monoisotopic (exact) mass is 528 g/mol. The highest BCUT2D eigenvalue weighted by Gasteiger charge is 2.61. The zero-order valence-corrected chi connectivity index (χ0v) is 22.4. The molecule has 1 saturated heterocycles. The molecule has 12 heteroatoms. The van der Waals surface area contributed by atoms with Crippen molar-refractivity contribution in [3.05, 3.63) is 12.2 Å². The second-order valence-corrected chi connectivity index (χ2v) is 12.8. The largest absolute Gasteiger partial charge is 0.356 e. The minimum Gasteiger partial charge on any atom is -0.356 e. The Kier molecular flexibility index (Phi) is 8.85. The fourth-order valence-corrected chi connectivity index (χ4v) is 5.43. The van der Waals surface area contributed by atoms with Gasteiger partial charge in [0.15, 0.2) is 0 Å². The summed E-state index contributed by atoms with van der Waals surface area (Å²) in [5.74, 6) is -1.88. The summed E-state index contributed by atoms with van der Waals surface area (Å²) in [7, 11) is -3.81. The average molecular weight is 529 g/mol. The van der Waals surface area contributed by atoms with Gasteiger partial charge in [-0.25, -0.2) is 8.42 Å². The molecule has 3 amide bonds. The van der Waals surface area contributed by atoms with E-state index in [9.17, 15) is 27.9 Å². The Bertz CT molecular complexity index is 977. The van der Waals surface area contributed by atoms with E-state index in [4.69, 9.17) is 4.74 Å². The van der Waals surface area contributed by atoms with Gasteiger partial charge < -0.3 is 20.1 Å². The average Bonchev–Trinajstić information content (AvgIpc) is 3.20. The fraction of sp³-hybridized carbons (Fsp3) is 0.792. The van der Waals surface area contributed by atoms with E-state index >= 15 is 0 Å². The predicted octanol–water partition coefficient (Wildman–Crippen LogP) is 0.498. The smallest absolute Gasteiger partial charge is 0.259 e. The van der Waals surface area contributed by atoms with Crippen molar-refractivity contribution in [2.75, 3.05) is 12.8 Å². The number of rotatable bonds is 5. The Morgan fingerprint density at radius 1 is 1.22 bits per heavy atom. The van der Waals surface area contributed by atoms with Crippen LogP contribution in [-0.4, -0.2) is 78.6 Å². The van der Waals surface area contributed by atoms with Gasteiger partial charge in [0.1, 0.15) is 11.6 Å². The minimum absolute atomic E-state index is 0.289. The van der Waals surface area contributed by atoms with Gasteiger partial charge in [-0.15, -0.1) is 0 Å². The molecule has 3 aliphatic rings. The van der Waals surface area contributed by atoms with Gasteiger partial charge in [-0.1, -0.05) is 25.0 Å². The molecule has 1 aliphatic carbocycles. The van der Waals surface area contributed by atoms with E-state index in [1.807, 2.05) is 16.9 Å². The van der Waals surface area contributed by atoms with Crippen LogP contribution in [0, 0.1) is 5.92 Å². The third-order valence-corrected chi connectivity index (χ3v) is 7.28. The lowest BCUT2D eigenvalue weighted by atomic mass is 10.0. The van der Waals surface area contributed by atoms with E-state index in [0.29, 0.717) is 25.8 Å². The standard InChI is InChI=1S/C24H40N4O7S/c1-23(2,3)35-22(32)25-17-12-9-7-5-6-8-11-16-15-24(16,21(31)27-36(4,33)34)26-19(29)18-13-10-14-28(18)20(17)30/h8,11,16-18,22,25,32H,5-7,9-10,12-15H2,1-4H3,(H,26,29)(H,27,31)/b11-8-/t16-,17+,18+,22?,24-/m1/s1. The van der Waals surface area contributed by atoms with Crippen molar-refractivity contribution in [2.45, 2.75) is 102 Å². The zero-order valence-electron chi connectivity index (χ0n) is 21.6. The number of amides is 3. The molecule has 0 spiro atoms. The van der Waals surface area contributed by atoms with Gasteiger partial charge in [0.05, 0.1) is 17.9 Å². The van der Waals surface area contributed by atoms with Crippen molar-refractivity contribution in [3.63, 3.8) is 0 Å². The van der Waals surface area contributed by atoms with E-state index in [0.717, 1.165) is 31.9 Å². The van der Waals surface area contributed by atoms with Crippen LogP contribution in [-0.2, 0) is 29.1 Å². The first kappa shape index (κ1) is 28.5. The van der Waals surface area contributed by atoms with Gasteiger partial charge in [0.2, 0.25) is 28.3 Å². The van der Waals surface area contributed by atoms with Gasteiger partial charge in [-0.3, -0.25) is 24.4 Å². The summed E-state index contributed by atoms with van der Waals surface area (Å²) in [6.45, 7) is 5.76. The molecule has 0 aromatic carbocycles. The van der Waals surface area contributed by atoms with Crippen molar-refractivity contribution < 1.29 is 32.6 Å². The number of fused-ring (bicyclic) bond motifs is 2. The number of aliphatic hydroxyl groups excluding tert-OH is 1. The lowest BCUT2D eigenvalue weighted by molar-refractivity contribution is -0.188. The van der Waals surface area contributed by atoms with Gasteiger partial charge in [0, 0.05) is 12.5 Å². The molecule has 2 fully saturated rings. The minimum atomic E-state index is -3.81. The molecule has 0 bridgehead atoms. The molecular weight excluding hydrogens is 488 g/mol. The maximum absolute atomic E-state index is 13.6. The summed E-state index contributed by atoms with van der Waals surface area (Å²) < 4.78 is 31.0. The molecule has 11 nitrogen and oxygen atoms in total. The Hall–Kier alpha value is -2.02. The molecule has 4 N–H and O–H groups in total. The van der Waals surface area contributed by atoms with Crippen LogP contribution < -0.4 is 15.4 Å². The van der Waals surface area contributed by atoms with Crippen LogP contribution in [0.25, 0.3) is 0 Å². The molecule has 0 aromatic rings. The first-order valence-electron chi connectivity index (χ1n) is 12.7. The van der Waals surface area contributed by atoms with Crippen LogP contribution in [0.5, 0.6) is 0 Å². The van der Waals surface area contributed by atoms with E-state index in [1.54, 1.807) is 20.8 Å². The Labute approximate surface area is 213 Å². The maximum Gasteiger partial charge on any atom is 0.259 e. The first-order chi connectivity index (χ1) is 16.7. The second kappa shape index (κ2) is 11.2. The molecule has 36 heavy (non-hydrogen) atoms. The van der Waals surface area contributed by atoms with Crippen LogP contribution in [0.15, 0.2) is 12.2 Å². The molecule has 3 rings (SSSR count). The number of ether oxygens (including phenoxy) is 1. The number of carbonyl (C=O) groups excluding carboxylic acids is 3. The number of carbonyl (C=O) groups is 3. The van der Waals surface area contributed by atoms with Crippen LogP contribution in [0.3, 0.4) is 0 Å². The summed E-state index contributed by atoms with van der Waals surface area (Å²) in [5, 5.41) is 16.1. The molecule has 2 aliphatic heterocycles. The number of aliphatic hydroxyl groups is 1. The first-order valence-corrected chi connectivity index (χ1v) is 14.5. The number of sulfonamides is 1. The van der Waals surface area contributed by atoms with Crippen molar-refractivity contribution in [3.8, 4) is 0 Å². The summed E-state index contributed by atoms with van der Waals surface area (Å²) in [5.41, 5.74) is -1.98. The summed E-state index contributed by atoms with van der Waals surface area (Å²) in [6.07, 6.45) is 8.39. The molecular formula is C24H40N4O7S.